The summed E-state index contributed by atoms with van der Waals surface area (Å²) in [7, 11) is 3.33. The predicted octanol–water partition coefficient (Wildman–Crippen LogP) is 3.78. The normalized spacial score (nSPS) is 11.3. The second-order valence-corrected chi connectivity index (χ2v) is 6.16. The van der Waals surface area contributed by atoms with Crippen molar-refractivity contribution in [3.05, 3.63) is 47.2 Å². The number of halogens is 3. The smallest absolute Gasteiger partial charge is 0.265 e. The molecule has 3 aromatic rings. The van der Waals surface area contributed by atoms with Gasteiger partial charge in [0.05, 0.1) is 11.7 Å². The summed E-state index contributed by atoms with van der Waals surface area (Å²) in [4.78, 5) is 17.7. The van der Waals surface area contributed by atoms with E-state index in [-0.39, 0.29) is 23.0 Å². The summed E-state index contributed by atoms with van der Waals surface area (Å²) in [6, 6.07) is 6.22. The maximum atomic E-state index is 13.1. The van der Waals surface area contributed by atoms with Crippen molar-refractivity contribution in [1.29, 1.82) is 0 Å². The average Bonchev–Trinajstić information content (AvgIpc) is 2.97. The summed E-state index contributed by atoms with van der Waals surface area (Å²) in [6.45, 7) is 0.0739. The molecule has 8 heteroatoms. The minimum atomic E-state index is -2.66. The number of hydrogen-bond acceptors (Lipinski definition) is 3. The molecule has 130 valence electrons. The first-order chi connectivity index (χ1) is 11.9. The standard InChI is InChI=1S/C17H15ClF2N4O/c1-23(2)16(25)9-24-15-6-11(7-21-14(15)8-22-24)10-3-4-13(18)12(5-10)17(19)20/h3-8,17H,9H2,1-2H3. The van der Waals surface area contributed by atoms with Gasteiger partial charge in [0.2, 0.25) is 5.91 Å². The summed E-state index contributed by atoms with van der Waals surface area (Å²) in [6.07, 6.45) is 0.488. The van der Waals surface area contributed by atoms with E-state index in [1.165, 1.54) is 21.7 Å². The van der Waals surface area contributed by atoms with Gasteiger partial charge in [-0.05, 0) is 23.8 Å². The fourth-order valence-corrected chi connectivity index (χ4v) is 2.60. The van der Waals surface area contributed by atoms with Gasteiger partial charge >= 0.3 is 0 Å². The molecule has 5 nitrogen and oxygen atoms in total. The zero-order valence-corrected chi connectivity index (χ0v) is 14.3. The lowest BCUT2D eigenvalue weighted by Gasteiger charge is -2.11. The highest BCUT2D eigenvalue weighted by atomic mass is 35.5. The lowest BCUT2D eigenvalue weighted by Crippen LogP contribution is -2.26. The molecule has 3 rings (SSSR count). The highest BCUT2D eigenvalue weighted by molar-refractivity contribution is 6.31. The van der Waals surface area contributed by atoms with Crippen molar-refractivity contribution in [2.45, 2.75) is 13.0 Å². The summed E-state index contributed by atoms with van der Waals surface area (Å²) in [5.74, 6) is -0.109. The van der Waals surface area contributed by atoms with E-state index < -0.39 is 6.43 Å². The van der Waals surface area contributed by atoms with Crippen molar-refractivity contribution < 1.29 is 13.6 Å². The maximum Gasteiger partial charge on any atom is 0.265 e. The lowest BCUT2D eigenvalue weighted by molar-refractivity contribution is -0.129. The Morgan fingerprint density at radius 3 is 2.68 bits per heavy atom. The van der Waals surface area contributed by atoms with E-state index in [1.54, 1.807) is 38.6 Å². The molecule has 0 unspecified atom stereocenters. The molecule has 0 atom stereocenters. The highest BCUT2D eigenvalue weighted by Crippen LogP contribution is 2.32. The van der Waals surface area contributed by atoms with Crippen LogP contribution in [0.25, 0.3) is 22.2 Å². The Morgan fingerprint density at radius 1 is 1.24 bits per heavy atom. The first kappa shape index (κ1) is 17.3. The maximum absolute atomic E-state index is 13.1. The third-order valence-corrected chi connectivity index (χ3v) is 4.19. The van der Waals surface area contributed by atoms with E-state index in [9.17, 15) is 13.6 Å². The molecule has 2 heterocycles. The zero-order valence-electron chi connectivity index (χ0n) is 13.6. The molecular weight excluding hydrogens is 350 g/mol. The summed E-state index contributed by atoms with van der Waals surface area (Å²) < 4.78 is 27.6. The molecule has 0 saturated heterocycles. The topological polar surface area (TPSA) is 51.0 Å². The van der Waals surface area contributed by atoms with Crippen molar-refractivity contribution in [3.8, 4) is 11.1 Å². The Kier molecular flexibility index (Phi) is 4.67. The monoisotopic (exact) mass is 364 g/mol. The number of likely N-dealkylation sites (N-methyl/N-ethyl adjacent to an activating group) is 1. The van der Waals surface area contributed by atoms with Crippen LogP contribution in [-0.2, 0) is 11.3 Å². The summed E-state index contributed by atoms with van der Waals surface area (Å²) in [5.41, 5.74) is 2.26. The molecule has 2 aromatic heterocycles. The van der Waals surface area contributed by atoms with Crippen molar-refractivity contribution in [2.24, 2.45) is 0 Å². The third-order valence-electron chi connectivity index (χ3n) is 3.84. The van der Waals surface area contributed by atoms with Crippen LogP contribution >= 0.6 is 11.6 Å². The fraction of sp³-hybridized carbons (Fsp3) is 0.235. The molecule has 0 aliphatic carbocycles. The molecule has 0 N–H and O–H groups in total. The number of benzene rings is 1. The largest absolute Gasteiger partial charge is 0.347 e. The molecular formula is C17H15ClF2N4O. The van der Waals surface area contributed by atoms with Crippen LogP contribution in [0.1, 0.15) is 12.0 Å². The number of alkyl halides is 2. The Labute approximate surface area is 147 Å². The number of rotatable bonds is 4. The molecule has 0 aliphatic heterocycles. The number of pyridine rings is 1. The van der Waals surface area contributed by atoms with Crippen molar-refractivity contribution >= 4 is 28.5 Å². The van der Waals surface area contributed by atoms with Gasteiger partial charge in [-0.3, -0.25) is 14.5 Å². The SMILES string of the molecule is CN(C)C(=O)Cn1ncc2ncc(-c3ccc(Cl)c(C(F)F)c3)cc21. The Morgan fingerprint density at radius 2 is 2.00 bits per heavy atom. The molecule has 0 saturated carbocycles. The Hall–Kier alpha value is -2.54. The van der Waals surface area contributed by atoms with E-state index in [1.807, 2.05) is 0 Å². The Bertz CT molecular complexity index is 940. The fourth-order valence-electron chi connectivity index (χ4n) is 2.40. The molecule has 1 aromatic carbocycles. The Balaban J connectivity index is 2.04. The summed E-state index contributed by atoms with van der Waals surface area (Å²) >= 11 is 5.82. The number of fused-ring (bicyclic) bond motifs is 1. The number of aromatic nitrogens is 3. The molecule has 1 amide bonds. The van der Waals surface area contributed by atoms with Gasteiger partial charge in [-0.2, -0.15) is 5.10 Å². The van der Waals surface area contributed by atoms with Gasteiger partial charge in [0.1, 0.15) is 12.1 Å². The van der Waals surface area contributed by atoms with Gasteiger partial charge in [-0.1, -0.05) is 17.7 Å². The van der Waals surface area contributed by atoms with Gasteiger partial charge in [0, 0.05) is 36.4 Å². The van der Waals surface area contributed by atoms with Crippen LogP contribution in [0.15, 0.2) is 36.7 Å². The predicted molar refractivity (Wildman–Crippen MR) is 91.6 cm³/mol. The van der Waals surface area contributed by atoms with Crippen LogP contribution in [0.3, 0.4) is 0 Å². The van der Waals surface area contributed by atoms with Gasteiger partial charge in [0.15, 0.2) is 0 Å². The molecule has 0 bridgehead atoms. The number of carbonyl (C=O) groups excluding carboxylic acids is 1. The van der Waals surface area contributed by atoms with Crippen LogP contribution in [-0.4, -0.2) is 39.7 Å². The van der Waals surface area contributed by atoms with Gasteiger partial charge < -0.3 is 4.90 Å². The van der Waals surface area contributed by atoms with Crippen LogP contribution in [0.2, 0.25) is 5.02 Å². The number of hydrogen-bond donors (Lipinski definition) is 0. The van der Waals surface area contributed by atoms with Gasteiger partial charge in [-0.15, -0.1) is 0 Å². The first-order valence-corrected chi connectivity index (χ1v) is 7.84. The van der Waals surface area contributed by atoms with Gasteiger partial charge in [-0.25, -0.2) is 8.78 Å². The molecule has 0 spiro atoms. The van der Waals surface area contributed by atoms with Crippen LogP contribution < -0.4 is 0 Å². The number of amides is 1. The van der Waals surface area contributed by atoms with Crippen molar-refractivity contribution in [2.75, 3.05) is 14.1 Å². The van der Waals surface area contributed by atoms with Gasteiger partial charge in [0.25, 0.3) is 6.43 Å². The van der Waals surface area contributed by atoms with E-state index >= 15 is 0 Å². The quantitative estimate of drug-likeness (QED) is 0.708. The summed E-state index contributed by atoms with van der Waals surface area (Å²) in [5, 5.41) is 4.20. The number of carbonyl (C=O) groups is 1. The van der Waals surface area contributed by atoms with Crippen molar-refractivity contribution in [1.82, 2.24) is 19.7 Å². The second kappa shape index (κ2) is 6.76. The molecule has 0 fully saturated rings. The minimum Gasteiger partial charge on any atom is -0.347 e. The molecule has 0 radical (unpaired) electrons. The third kappa shape index (κ3) is 3.46. The van der Waals surface area contributed by atoms with Crippen LogP contribution in [0.4, 0.5) is 8.78 Å². The molecule has 25 heavy (non-hydrogen) atoms. The first-order valence-electron chi connectivity index (χ1n) is 7.46. The van der Waals surface area contributed by atoms with E-state index in [0.717, 1.165) is 0 Å². The van der Waals surface area contributed by atoms with E-state index in [2.05, 4.69) is 10.1 Å². The van der Waals surface area contributed by atoms with E-state index in [4.69, 9.17) is 11.6 Å². The highest BCUT2D eigenvalue weighted by Gasteiger charge is 2.15. The second-order valence-electron chi connectivity index (χ2n) is 5.76. The minimum absolute atomic E-state index is 0.0226. The number of nitrogens with zero attached hydrogens (tertiary/aromatic N) is 4. The van der Waals surface area contributed by atoms with Crippen molar-refractivity contribution in [3.63, 3.8) is 0 Å². The zero-order chi connectivity index (χ0) is 18.1. The molecule has 0 aliphatic rings. The van der Waals surface area contributed by atoms with Crippen LogP contribution in [0.5, 0.6) is 0 Å². The lowest BCUT2D eigenvalue weighted by atomic mass is 10.0. The average molecular weight is 365 g/mol. The van der Waals surface area contributed by atoms with E-state index in [0.29, 0.717) is 22.2 Å². The van der Waals surface area contributed by atoms with Crippen LogP contribution in [0, 0.1) is 0 Å².